The van der Waals surface area contributed by atoms with Crippen LogP contribution in [-0.2, 0) is 6.54 Å². The van der Waals surface area contributed by atoms with Crippen molar-refractivity contribution in [2.45, 2.75) is 50.9 Å². The molecule has 2 aliphatic heterocycles. The van der Waals surface area contributed by atoms with E-state index in [2.05, 4.69) is 78.3 Å². The number of rotatable bonds is 12. The highest BCUT2D eigenvalue weighted by Gasteiger charge is 2.43. The van der Waals surface area contributed by atoms with Crippen molar-refractivity contribution in [1.82, 2.24) is 34.6 Å². The molecule has 2 saturated heterocycles. The Kier molecular flexibility index (Phi) is 14.3. The number of benzene rings is 2. The Morgan fingerprint density at radius 3 is 2.16 bits per heavy atom. The van der Waals surface area contributed by atoms with Crippen molar-refractivity contribution in [3.8, 4) is 17.8 Å². The molecule has 1 amide bonds. The van der Waals surface area contributed by atoms with Gasteiger partial charge in [0.25, 0.3) is 12.3 Å². The minimum Gasteiger partial charge on any atom is -0.481 e. The van der Waals surface area contributed by atoms with Gasteiger partial charge in [0.2, 0.25) is 11.8 Å². The number of fused-ring (bicyclic) bond motifs is 1. The quantitative estimate of drug-likeness (QED) is 0.187. The normalized spacial score (nSPS) is 17.8. The van der Waals surface area contributed by atoms with E-state index < -0.39 is 13.0 Å². The van der Waals surface area contributed by atoms with Crippen molar-refractivity contribution >= 4 is 30.7 Å². The van der Waals surface area contributed by atoms with Gasteiger partial charge in [0.1, 0.15) is 5.69 Å². The number of carbonyl (C=O) groups excluding carboxylic acids is 1. The maximum Gasteiger partial charge on any atom is 0.323 e. The zero-order valence-electron chi connectivity index (χ0n) is 28.7. The van der Waals surface area contributed by atoms with Gasteiger partial charge in [-0.25, -0.2) is 13.8 Å². The minimum atomic E-state index is -2.69. The van der Waals surface area contributed by atoms with Gasteiger partial charge < -0.3 is 19.1 Å². The first-order valence-corrected chi connectivity index (χ1v) is 16.5. The summed E-state index contributed by atoms with van der Waals surface area (Å²) in [5.74, 6) is 0.297. The van der Waals surface area contributed by atoms with Crippen LogP contribution in [0, 0.1) is 0 Å². The summed E-state index contributed by atoms with van der Waals surface area (Å²) in [6.45, 7) is 6.30. The molecule has 274 valence electrons. The molecule has 1 unspecified atom stereocenters. The zero-order valence-corrected chi connectivity index (χ0v) is 30.3. The Morgan fingerprint density at radius 1 is 0.902 bits per heavy atom. The molecule has 0 radical (unpaired) electrons. The van der Waals surface area contributed by atoms with E-state index in [9.17, 15) is 13.6 Å². The topological polar surface area (TPSA) is 106 Å². The van der Waals surface area contributed by atoms with Crippen LogP contribution >= 0.6 is 24.8 Å². The van der Waals surface area contributed by atoms with Crippen LogP contribution in [0.25, 0.3) is 0 Å². The summed E-state index contributed by atoms with van der Waals surface area (Å²) < 4.78 is 42.9. The molecule has 2 aromatic heterocycles. The summed E-state index contributed by atoms with van der Waals surface area (Å²) in [5, 5.41) is 0. The number of carbonyl (C=O) groups is 1. The van der Waals surface area contributed by atoms with E-state index in [1.54, 1.807) is 6.20 Å². The predicted octanol–water partition coefficient (Wildman–Crippen LogP) is 5.39. The molecule has 4 aromatic rings. The summed E-state index contributed by atoms with van der Waals surface area (Å²) in [4.78, 5) is 37.3. The third kappa shape index (κ3) is 9.59. The van der Waals surface area contributed by atoms with Crippen LogP contribution < -0.4 is 14.2 Å². The second-order valence-corrected chi connectivity index (χ2v) is 12.5. The molecule has 0 saturated carbocycles. The molecule has 6 rings (SSSR count). The molecule has 2 fully saturated rings. The Hall–Kier alpha value is -4.17. The Labute approximate surface area is 309 Å². The van der Waals surface area contributed by atoms with Gasteiger partial charge in [-0.3, -0.25) is 19.6 Å². The molecule has 51 heavy (non-hydrogen) atoms. The van der Waals surface area contributed by atoms with E-state index in [-0.39, 0.29) is 72.6 Å². The smallest absolute Gasteiger partial charge is 0.323 e. The van der Waals surface area contributed by atoms with Gasteiger partial charge in [0, 0.05) is 69.7 Å². The lowest BCUT2D eigenvalue weighted by Gasteiger charge is -2.53. The Morgan fingerprint density at radius 2 is 1.57 bits per heavy atom. The average Bonchev–Trinajstić information content (AvgIpc) is 3.12. The lowest BCUT2D eigenvalue weighted by atomic mass is 9.81. The number of ether oxygens (including phenoxy) is 3. The second kappa shape index (κ2) is 18.4. The molecule has 0 N–H and O–H groups in total. The van der Waals surface area contributed by atoms with Gasteiger partial charge >= 0.3 is 6.01 Å². The minimum absolute atomic E-state index is 0. The van der Waals surface area contributed by atoms with Crippen LogP contribution in [0.3, 0.4) is 0 Å². The lowest BCUT2D eigenvalue weighted by Crippen LogP contribution is -2.67. The zero-order chi connectivity index (χ0) is 34.3. The largest absolute Gasteiger partial charge is 0.481 e. The van der Waals surface area contributed by atoms with Crippen LogP contribution in [0.15, 0.2) is 79.3 Å². The van der Waals surface area contributed by atoms with E-state index >= 15 is 0 Å². The molecule has 2 atom stereocenters. The SMILES string of the molecule is COc1nc(OCC(F)F)nc(OC(C)C)c1CN1CC(C(c2ccccc2)c2ccccc2)N2CCN(C(=O)c3cnccn3)C[C@H]2C1.Cl.Cl. The van der Waals surface area contributed by atoms with Crippen LogP contribution in [0.5, 0.6) is 17.8 Å². The highest BCUT2D eigenvalue weighted by Crippen LogP contribution is 2.38. The van der Waals surface area contributed by atoms with Crippen LogP contribution in [0.2, 0.25) is 0 Å². The summed E-state index contributed by atoms with van der Waals surface area (Å²) in [7, 11) is 1.47. The number of piperazine rings is 2. The Balaban J connectivity index is 0.00000292. The molecule has 4 heterocycles. The van der Waals surface area contributed by atoms with Gasteiger partial charge in [-0.05, 0) is 25.0 Å². The van der Waals surface area contributed by atoms with E-state index in [4.69, 9.17) is 14.2 Å². The number of halogens is 4. The second-order valence-electron chi connectivity index (χ2n) is 12.5. The summed E-state index contributed by atoms with van der Waals surface area (Å²) >= 11 is 0. The number of hydrogen-bond acceptors (Lipinski definition) is 10. The molecule has 0 bridgehead atoms. The highest BCUT2D eigenvalue weighted by atomic mass is 35.5. The van der Waals surface area contributed by atoms with Crippen molar-refractivity contribution in [2.24, 2.45) is 0 Å². The van der Waals surface area contributed by atoms with Crippen molar-refractivity contribution in [3.63, 3.8) is 0 Å². The van der Waals surface area contributed by atoms with E-state index in [0.717, 1.165) is 0 Å². The molecule has 2 aliphatic rings. The summed E-state index contributed by atoms with van der Waals surface area (Å²) in [5.41, 5.74) is 3.30. The number of nitrogens with zero attached hydrogens (tertiary/aromatic N) is 7. The van der Waals surface area contributed by atoms with Gasteiger partial charge in [-0.1, -0.05) is 60.7 Å². The molecule has 11 nitrogen and oxygen atoms in total. The van der Waals surface area contributed by atoms with Crippen LogP contribution in [-0.4, -0.2) is 112 Å². The lowest BCUT2D eigenvalue weighted by molar-refractivity contribution is -0.0294. The number of alkyl halides is 2. The van der Waals surface area contributed by atoms with E-state index in [0.29, 0.717) is 50.5 Å². The highest BCUT2D eigenvalue weighted by molar-refractivity contribution is 5.92. The van der Waals surface area contributed by atoms with Gasteiger partial charge in [0.15, 0.2) is 6.61 Å². The van der Waals surface area contributed by atoms with Crippen molar-refractivity contribution in [3.05, 3.63) is 102 Å². The fourth-order valence-corrected chi connectivity index (χ4v) is 6.83. The number of hydrogen-bond donors (Lipinski definition) is 0. The van der Waals surface area contributed by atoms with Gasteiger partial charge in [0.05, 0.1) is 25.0 Å². The first-order chi connectivity index (χ1) is 23.8. The number of methoxy groups -OCH3 is 1. The van der Waals surface area contributed by atoms with E-state index in [1.807, 2.05) is 30.9 Å². The molecular formula is C36H43Cl2F2N7O4. The third-order valence-corrected chi connectivity index (χ3v) is 8.81. The van der Waals surface area contributed by atoms with Crippen LogP contribution in [0.1, 0.15) is 46.9 Å². The molecule has 2 aromatic carbocycles. The van der Waals surface area contributed by atoms with Gasteiger partial charge in [-0.15, -0.1) is 24.8 Å². The number of amides is 1. The van der Waals surface area contributed by atoms with Crippen molar-refractivity contribution < 1.29 is 27.8 Å². The van der Waals surface area contributed by atoms with Crippen molar-refractivity contribution in [2.75, 3.05) is 46.4 Å². The summed E-state index contributed by atoms with van der Waals surface area (Å²) in [6.07, 6.45) is 1.64. The molecular weight excluding hydrogens is 703 g/mol. The predicted molar refractivity (Wildman–Crippen MR) is 193 cm³/mol. The first-order valence-electron chi connectivity index (χ1n) is 16.5. The van der Waals surface area contributed by atoms with Gasteiger partial charge in [-0.2, -0.15) is 9.97 Å². The molecule has 0 aliphatic carbocycles. The first kappa shape index (κ1) is 39.6. The van der Waals surface area contributed by atoms with Crippen LogP contribution in [0.4, 0.5) is 8.78 Å². The fraction of sp³-hybridized carbons (Fsp3) is 0.417. The summed E-state index contributed by atoms with van der Waals surface area (Å²) in [6, 6.07) is 20.8. The standard InChI is InChI=1S/C36H41F2N7O4.2ClH/c1-24(2)49-34-28(33(47-3)41-36(42-34)48-23-31(37)38)21-43-19-27-20-44(35(46)29-18-39-14-15-40-29)16-17-45(27)30(22-43)32(25-10-6-4-7-11-25)26-12-8-5-9-13-26;;/h4-15,18,24,27,30-32H,16-17,19-23H2,1-3H3;2*1H/t27-,30?;;/m1../s1. The fourth-order valence-electron chi connectivity index (χ4n) is 6.83. The Bertz CT molecular complexity index is 1640. The molecule has 15 heteroatoms. The average molecular weight is 747 g/mol. The number of aromatic nitrogens is 4. The third-order valence-electron chi connectivity index (χ3n) is 8.81. The maximum atomic E-state index is 13.5. The van der Waals surface area contributed by atoms with Crippen molar-refractivity contribution in [1.29, 1.82) is 0 Å². The maximum absolute atomic E-state index is 13.5. The monoisotopic (exact) mass is 745 g/mol. The van der Waals surface area contributed by atoms with E-state index in [1.165, 1.54) is 30.6 Å². The molecule has 0 spiro atoms.